The number of hydrogen-bond acceptors (Lipinski definition) is 4. The molecule has 6 nitrogen and oxygen atoms in total. The number of carboxylic acids is 1. The van der Waals surface area contributed by atoms with Crippen LogP contribution in [-0.4, -0.2) is 42.5 Å². The van der Waals surface area contributed by atoms with Crippen molar-refractivity contribution in [2.24, 2.45) is 0 Å². The van der Waals surface area contributed by atoms with Gasteiger partial charge in [-0.25, -0.2) is 5.06 Å². The van der Waals surface area contributed by atoms with Gasteiger partial charge in [0.05, 0.1) is 10.5 Å². The minimum absolute atomic E-state index is 0. The van der Waals surface area contributed by atoms with Crippen LogP contribution < -0.4 is 0 Å². The largest absolute Gasteiger partial charge is 0.481 e. The van der Waals surface area contributed by atoms with Crippen molar-refractivity contribution in [2.45, 2.75) is 83.1 Å². The second-order valence-corrected chi connectivity index (χ2v) is 5.30. The zero-order chi connectivity index (χ0) is 24.4. The van der Waals surface area contributed by atoms with E-state index in [2.05, 4.69) is 36.7 Å². The van der Waals surface area contributed by atoms with Crippen molar-refractivity contribution in [2.75, 3.05) is 14.2 Å². The third kappa shape index (κ3) is 264. The molecule has 4 radical (unpaired) electrons. The molecule has 0 heterocycles. The summed E-state index contributed by atoms with van der Waals surface area (Å²) in [6, 6.07) is 0. The Morgan fingerprint density at radius 3 is 0.857 bits per heavy atom. The molecule has 198 valence electrons. The van der Waals surface area contributed by atoms with E-state index in [9.17, 15) is 4.79 Å². The average Bonchev–Trinajstić information content (AvgIpc) is 2.68. The van der Waals surface area contributed by atoms with Gasteiger partial charge in [-0.3, -0.25) is 14.4 Å². The van der Waals surface area contributed by atoms with Gasteiger partial charge in [0.1, 0.15) is 6.29 Å². The van der Waals surface area contributed by atoms with E-state index in [4.69, 9.17) is 14.7 Å². The standard InChI is InChI=1S/C4H9NO2.C3H4Br2.C2H4O2.C2H4O.4C2H6.4U.4Y/c1-4(6)5(2)7-3;1-2-3(4)5;1-2(3)4;1-2-3;4*1-2;;;;;;;;/h1-3H3;2H,1H3;1H3,(H,3,4);2H,1H3;4*1-2H3;;;;;;;;. The summed E-state index contributed by atoms with van der Waals surface area (Å²) in [4.78, 5) is 32.5. The second-order valence-electron chi connectivity index (χ2n) is 2.53. The number of hydrogen-bond donors (Lipinski definition) is 1. The fraction of sp³-hybridized carbons (Fsp3) is 0.737. The van der Waals surface area contributed by atoms with E-state index < -0.39 is 5.97 Å². The molecule has 35 heavy (non-hydrogen) atoms. The van der Waals surface area contributed by atoms with Crippen LogP contribution >= 0.6 is 31.9 Å². The first-order chi connectivity index (χ1) is 12.6. The van der Waals surface area contributed by atoms with Gasteiger partial charge in [-0.05, 0) is 45.7 Å². The third-order valence-electron chi connectivity index (χ3n) is 0.936. The fourth-order valence-electron chi connectivity index (χ4n) is 0.129. The molecule has 0 aromatic rings. The zero-order valence-corrected chi connectivity index (χ0v) is 55.4. The average molecular weight is 1840 g/mol. The van der Waals surface area contributed by atoms with Gasteiger partial charge in [-0.1, -0.05) is 61.5 Å². The summed E-state index contributed by atoms with van der Waals surface area (Å²) in [5.41, 5.74) is 0. The minimum Gasteiger partial charge on any atom is -0.481 e. The van der Waals surface area contributed by atoms with Crippen LogP contribution in [0.15, 0.2) is 9.47 Å². The van der Waals surface area contributed by atoms with Crippen LogP contribution in [0.25, 0.3) is 0 Å². The Labute approximate surface area is 431 Å². The third-order valence-corrected chi connectivity index (χ3v) is 1.85. The number of aliphatic carboxylic acids is 1. The van der Waals surface area contributed by atoms with E-state index in [0.29, 0.717) is 0 Å². The van der Waals surface area contributed by atoms with Crippen molar-refractivity contribution in [3.8, 4) is 0 Å². The van der Waals surface area contributed by atoms with Gasteiger partial charge < -0.3 is 9.90 Å². The van der Waals surface area contributed by atoms with Crippen molar-refractivity contribution in [1.29, 1.82) is 0 Å². The smallest absolute Gasteiger partial charge is 0.300 e. The topological polar surface area (TPSA) is 83.9 Å². The van der Waals surface area contributed by atoms with Crippen LogP contribution in [0, 0.1) is 124 Å². The fourth-order valence-corrected chi connectivity index (χ4v) is 0.129. The molecule has 0 bridgehead atoms. The number of allylic oxidation sites excluding steroid dienone is 1. The number of nitrogens with zero attached hydrogens (tertiary/aromatic N) is 1. The quantitative estimate of drug-likeness (QED) is 0.225. The molecular weight excluding hydrogens is 1790 g/mol. The van der Waals surface area contributed by atoms with E-state index in [1.54, 1.807) is 7.05 Å². The Hall–Kier alpha value is 7.89. The Kier molecular flexibility index (Phi) is 398. The second kappa shape index (κ2) is 134. The summed E-state index contributed by atoms with van der Waals surface area (Å²) in [6.45, 7) is 21.9. The molecule has 1 amide bonds. The summed E-state index contributed by atoms with van der Waals surface area (Å²) >= 11 is 6.30. The van der Waals surface area contributed by atoms with Crippen LogP contribution in [0.2, 0.25) is 0 Å². The van der Waals surface area contributed by atoms with Crippen molar-refractivity contribution in [3.63, 3.8) is 0 Å². The molecule has 0 unspecified atom stereocenters. The van der Waals surface area contributed by atoms with Crippen molar-refractivity contribution < 1.29 is 280 Å². The first kappa shape index (κ1) is 104. The van der Waals surface area contributed by atoms with Gasteiger partial charge >= 0.3 is 0 Å². The van der Waals surface area contributed by atoms with Gasteiger partial charge in [0.2, 0.25) is 5.91 Å². The molecule has 0 atom stereocenters. The molecule has 0 aromatic carbocycles. The van der Waals surface area contributed by atoms with Crippen LogP contribution in [0.4, 0.5) is 0 Å². The maximum absolute atomic E-state index is 10.2. The van der Waals surface area contributed by atoms with Gasteiger partial charge in [0, 0.05) is 276 Å². The number of hydroxylamine groups is 2. The summed E-state index contributed by atoms with van der Waals surface area (Å²) in [5.74, 6) is -0.928. The number of carbonyl (C=O) groups is 3. The summed E-state index contributed by atoms with van der Waals surface area (Å²) in [5, 5.41) is 8.57. The van der Waals surface area contributed by atoms with Gasteiger partial charge in [0.15, 0.2) is 0 Å². The molecule has 0 spiro atoms. The van der Waals surface area contributed by atoms with E-state index >= 15 is 0 Å². The number of carbonyl (C=O) groups excluding carboxylic acids is 2. The predicted octanol–water partition coefficient (Wildman–Crippen LogP) is 7.05. The summed E-state index contributed by atoms with van der Waals surface area (Å²) < 4.78 is 1.00. The molecule has 0 aliphatic heterocycles. The van der Waals surface area contributed by atoms with E-state index in [-0.39, 0.29) is 261 Å². The molecule has 0 saturated heterocycles. The summed E-state index contributed by atoms with van der Waals surface area (Å²) in [6.07, 6.45) is 2.67. The van der Waals surface area contributed by atoms with E-state index in [0.717, 1.165) is 21.7 Å². The van der Waals surface area contributed by atoms with Crippen molar-refractivity contribution in [1.82, 2.24) is 5.06 Å². The maximum atomic E-state index is 10.2. The molecular formula is C19H45Br2NO5U4Y4. The number of amides is 1. The Morgan fingerprint density at radius 1 is 0.743 bits per heavy atom. The maximum Gasteiger partial charge on any atom is 0.300 e. The first-order valence-corrected chi connectivity index (χ1v) is 10.5. The molecule has 0 saturated carbocycles. The van der Waals surface area contributed by atoms with Crippen molar-refractivity contribution >= 4 is 50.0 Å². The van der Waals surface area contributed by atoms with Gasteiger partial charge in [-0.15, -0.1) is 0 Å². The minimum atomic E-state index is -0.833. The van der Waals surface area contributed by atoms with E-state index in [1.807, 2.05) is 68.4 Å². The van der Waals surface area contributed by atoms with Crippen molar-refractivity contribution in [3.05, 3.63) is 9.47 Å². The van der Waals surface area contributed by atoms with Crippen LogP contribution in [-0.2, 0) is 150 Å². The predicted molar refractivity (Wildman–Crippen MR) is 128 cm³/mol. The number of aldehydes is 1. The van der Waals surface area contributed by atoms with Crippen LogP contribution in [0.1, 0.15) is 83.1 Å². The molecule has 16 heteroatoms. The van der Waals surface area contributed by atoms with Gasteiger partial charge in [-0.2, -0.15) is 0 Å². The number of halogens is 2. The SMILES string of the molecule is CC.CC.CC.CC.CC(=O)O.CC=C(Br)Br.CC=O.CON(C)C(C)=O.[U].[U].[U].[U].[Y].[Y].[Y].[Y]. The first-order valence-electron chi connectivity index (χ1n) is 8.95. The number of carboxylic acid groups (broad SMARTS) is 1. The number of rotatable bonds is 1. The molecule has 0 aliphatic rings. The molecule has 0 aromatic heterocycles. The zero-order valence-electron chi connectivity index (χ0n) is 24.2. The molecule has 0 fully saturated rings. The normalized spacial score (nSPS) is 4.46. The monoisotopic (exact) mass is 1830 g/mol. The van der Waals surface area contributed by atoms with Gasteiger partial charge in [0.25, 0.3) is 5.97 Å². The molecule has 0 rings (SSSR count). The van der Waals surface area contributed by atoms with Crippen LogP contribution in [0.3, 0.4) is 0 Å². The summed E-state index contributed by atoms with van der Waals surface area (Å²) in [7, 11) is 3.00. The Bertz CT molecular complexity index is 302. The Morgan fingerprint density at radius 2 is 0.857 bits per heavy atom. The van der Waals surface area contributed by atoms with E-state index in [1.165, 1.54) is 21.0 Å². The molecule has 1 N–H and O–H groups in total. The Balaban J connectivity index is -0.00000000852. The van der Waals surface area contributed by atoms with Crippen LogP contribution in [0.5, 0.6) is 0 Å². The molecule has 0 aliphatic carbocycles.